The number of carbonyl (C=O) groups is 3. The largest absolute Gasteiger partial charge is 0.479 e. The summed E-state index contributed by atoms with van der Waals surface area (Å²) in [5.41, 5.74) is 0. The lowest BCUT2D eigenvalue weighted by Gasteiger charge is -2.11. The van der Waals surface area contributed by atoms with Crippen LogP contribution < -0.4 is 10.6 Å². The van der Waals surface area contributed by atoms with Gasteiger partial charge in [-0.3, -0.25) is 9.59 Å². The van der Waals surface area contributed by atoms with Crippen molar-refractivity contribution >= 4 is 17.8 Å². The summed E-state index contributed by atoms with van der Waals surface area (Å²) in [5.74, 6) is -1.69. The molecule has 0 aromatic carbocycles. The maximum Gasteiger partial charge on any atom is 0.334 e. The fourth-order valence-electron chi connectivity index (χ4n) is 0.918. The van der Waals surface area contributed by atoms with Gasteiger partial charge >= 0.3 is 5.97 Å². The predicted octanol–water partition coefficient (Wildman–Crippen LogP) is -1.27. The lowest BCUT2D eigenvalue weighted by molar-refractivity contribution is -0.148. The summed E-state index contributed by atoms with van der Waals surface area (Å²) < 4.78 is 4.62. The van der Waals surface area contributed by atoms with E-state index in [-0.39, 0.29) is 31.3 Å². The van der Waals surface area contributed by atoms with Crippen LogP contribution in [-0.2, 0) is 19.1 Å². The molecule has 0 saturated heterocycles. The SMILES string of the molecule is COC(CNC(=O)CCNC(C)=O)C(=O)O. The summed E-state index contributed by atoms with van der Waals surface area (Å²) in [7, 11) is 1.25. The van der Waals surface area contributed by atoms with E-state index in [9.17, 15) is 14.4 Å². The van der Waals surface area contributed by atoms with E-state index in [0.29, 0.717) is 0 Å². The van der Waals surface area contributed by atoms with E-state index in [1.807, 2.05) is 0 Å². The minimum absolute atomic E-state index is 0.0925. The van der Waals surface area contributed by atoms with Crippen LogP contribution in [0.1, 0.15) is 13.3 Å². The van der Waals surface area contributed by atoms with Crippen LogP contribution in [0.15, 0.2) is 0 Å². The van der Waals surface area contributed by atoms with Crippen molar-refractivity contribution in [2.75, 3.05) is 20.2 Å². The number of rotatable bonds is 7. The summed E-state index contributed by atoms with van der Waals surface area (Å²) in [6.45, 7) is 1.49. The molecule has 1 atom stereocenters. The highest BCUT2D eigenvalue weighted by atomic mass is 16.5. The number of amides is 2. The maximum atomic E-state index is 11.2. The van der Waals surface area contributed by atoms with Crippen LogP contribution in [0.5, 0.6) is 0 Å². The van der Waals surface area contributed by atoms with Crippen LogP contribution in [0.4, 0.5) is 0 Å². The minimum Gasteiger partial charge on any atom is -0.479 e. The summed E-state index contributed by atoms with van der Waals surface area (Å²) in [6, 6.07) is 0. The van der Waals surface area contributed by atoms with Crippen LogP contribution in [0.25, 0.3) is 0 Å². The Hall–Kier alpha value is -1.63. The Morgan fingerprint density at radius 3 is 2.38 bits per heavy atom. The zero-order valence-electron chi connectivity index (χ0n) is 9.28. The van der Waals surface area contributed by atoms with Gasteiger partial charge in [0.2, 0.25) is 11.8 Å². The van der Waals surface area contributed by atoms with Crippen molar-refractivity contribution in [3.8, 4) is 0 Å². The Balaban J connectivity index is 3.71. The van der Waals surface area contributed by atoms with E-state index in [1.54, 1.807) is 0 Å². The van der Waals surface area contributed by atoms with Gasteiger partial charge in [0, 0.05) is 27.0 Å². The summed E-state index contributed by atoms with van der Waals surface area (Å²) in [5, 5.41) is 13.4. The van der Waals surface area contributed by atoms with Crippen molar-refractivity contribution in [1.82, 2.24) is 10.6 Å². The van der Waals surface area contributed by atoms with E-state index in [0.717, 1.165) is 0 Å². The van der Waals surface area contributed by atoms with Gasteiger partial charge in [0.05, 0.1) is 6.54 Å². The van der Waals surface area contributed by atoms with Gasteiger partial charge in [-0.15, -0.1) is 0 Å². The molecule has 1 unspecified atom stereocenters. The summed E-state index contributed by atoms with van der Waals surface area (Å²) >= 11 is 0. The summed E-state index contributed by atoms with van der Waals surface area (Å²) in [6.07, 6.45) is -0.944. The molecule has 7 heteroatoms. The van der Waals surface area contributed by atoms with E-state index in [4.69, 9.17) is 5.11 Å². The monoisotopic (exact) mass is 232 g/mol. The molecule has 0 spiro atoms. The smallest absolute Gasteiger partial charge is 0.334 e. The van der Waals surface area contributed by atoms with Crippen molar-refractivity contribution in [3.63, 3.8) is 0 Å². The standard InChI is InChI=1S/C9H16N2O5/c1-6(12)10-4-3-8(13)11-5-7(16-2)9(14)15/h7H,3-5H2,1-2H3,(H,10,12)(H,11,13)(H,14,15). The highest BCUT2D eigenvalue weighted by molar-refractivity contribution is 5.79. The quantitative estimate of drug-likeness (QED) is 0.507. The van der Waals surface area contributed by atoms with E-state index in [1.165, 1.54) is 14.0 Å². The predicted molar refractivity (Wildman–Crippen MR) is 54.7 cm³/mol. The fourth-order valence-corrected chi connectivity index (χ4v) is 0.918. The third-order valence-corrected chi connectivity index (χ3v) is 1.77. The second-order valence-corrected chi connectivity index (χ2v) is 3.10. The van der Waals surface area contributed by atoms with Crippen LogP contribution in [0.3, 0.4) is 0 Å². The van der Waals surface area contributed by atoms with E-state index in [2.05, 4.69) is 15.4 Å². The van der Waals surface area contributed by atoms with Gasteiger partial charge in [0.25, 0.3) is 0 Å². The zero-order valence-corrected chi connectivity index (χ0v) is 9.28. The van der Waals surface area contributed by atoms with Crippen molar-refractivity contribution in [2.24, 2.45) is 0 Å². The molecule has 0 heterocycles. The minimum atomic E-state index is -1.13. The third-order valence-electron chi connectivity index (χ3n) is 1.77. The van der Waals surface area contributed by atoms with Crippen LogP contribution in [0.2, 0.25) is 0 Å². The lowest BCUT2D eigenvalue weighted by Crippen LogP contribution is -2.38. The molecule has 0 aromatic heterocycles. The molecule has 16 heavy (non-hydrogen) atoms. The van der Waals surface area contributed by atoms with Gasteiger partial charge in [0.1, 0.15) is 0 Å². The van der Waals surface area contributed by atoms with Crippen molar-refractivity contribution in [1.29, 1.82) is 0 Å². The highest BCUT2D eigenvalue weighted by Gasteiger charge is 2.16. The maximum absolute atomic E-state index is 11.2. The molecular formula is C9H16N2O5. The molecule has 92 valence electrons. The molecule has 7 nitrogen and oxygen atoms in total. The van der Waals surface area contributed by atoms with E-state index < -0.39 is 12.1 Å². The average Bonchev–Trinajstić information content (AvgIpc) is 2.17. The first-order chi connectivity index (χ1) is 7.47. The van der Waals surface area contributed by atoms with Gasteiger partial charge in [-0.2, -0.15) is 0 Å². The first kappa shape index (κ1) is 14.4. The van der Waals surface area contributed by atoms with Crippen molar-refractivity contribution in [3.05, 3.63) is 0 Å². The first-order valence-corrected chi connectivity index (χ1v) is 4.74. The Kier molecular flexibility index (Phi) is 6.86. The Morgan fingerprint density at radius 2 is 1.94 bits per heavy atom. The number of carbonyl (C=O) groups excluding carboxylic acids is 2. The van der Waals surface area contributed by atoms with Gasteiger partial charge in [0.15, 0.2) is 6.10 Å². The van der Waals surface area contributed by atoms with Crippen molar-refractivity contribution < 1.29 is 24.2 Å². The number of hydrogen-bond acceptors (Lipinski definition) is 4. The van der Waals surface area contributed by atoms with Crippen molar-refractivity contribution in [2.45, 2.75) is 19.4 Å². The second kappa shape index (κ2) is 7.63. The highest BCUT2D eigenvalue weighted by Crippen LogP contribution is 1.88. The topological polar surface area (TPSA) is 105 Å². The van der Waals surface area contributed by atoms with Gasteiger partial charge < -0.3 is 20.5 Å². The number of aliphatic carboxylic acids is 1. The van der Waals surface area contributed by atoms with Gasteiger partial charge in [-0.25, -0.2) is 4.79 Å². The zero-order chi connectivity index (χ0) is 12.6. The number of ether oxygens (including phenoxy) is 1. The average molecular weight is 232 g/mol. The number of carboxylic acids is 1. The van der Waals surface area contributed by atoms with E-state index >= 15 is 0 Å². The molecule has 0 bridgehead atoms. The number of methoxy groups -OCH3 is 1. The summed E-state index contributed by atoms with van der Waals surface area (Å²) in [4.78, 5) is 32.2. The molecule has 0 aliphatic rings. The second-order valence-electron chi connectivity index (χ2n) is 3.10. The molecule has 0 fully saturated rings. The number of nitrogens with one attached hydrogen (secondary N) is 2. The molecule has 3 N–H and O–H groups in total. The van der Waals surface area contributed by atoms with Crippen LogP contribution in [-0.4, -0.2) is 49.2 Å². The molecular weight excluding hydrogens is 216 g/mol. The molecule has 0 rings (SSSR count). The lowest BCUT2D eigenvalue weighted by atomic mass is 10.3. The third kappa shape index (κ3) is 6.77. The Morgan fingerprint density at radius 1 is 1.31 bits per heavy atom. The molecule has 2 amide bonds. The van der Waals surface area contributed by atoms with Gasteiger partial charge in [-0.1, -0.05) is 0 Å². The number of carboxylic acid groups (broad SMARTS) is 1. The van der Waals surface area contributed by atoms with Crippen LogP contribution in [0, 0.1) is 0 Å². The fraction of sp³-hybridized carbons (Fsp3) is 0.667. The molecule has 0 aliphatic heterocycles. The molecule has 0 saturated carbocycles. The Bertz CT molecular complexity index is 267. The normalized spacial score (nSPS) is 11.6. The molecule has 0 aromatic rings. The molecule has 0 aliphatic carbocycles. The first-order valence-electron chi connectivity index (χ1n) is 4.74. The van der Waals surface area contributed by atoms with Crippen LogP contribution >= 0.6 is 0 Å². The van der Waals surface area contributed by atoms with Gasteiger partial charge in [-0.05, 0) is 0 Å². The Labute approximate surface area is 93.2 Å². The number of hydrogen-bond donors (Lipinski definition) is 3. The molecule has 0 radical (unpaired) electrons.